The van der Waals surface area contributed by atoms with Gasteiger partial charge in [0.25, 0.3) is 0 Å². The first-order valence-electron chi connectivity index (χ1n) is 19.6. The van der Waals surface area contributed by atoms with Gasteiger partial charge in [-0.15, -0.1) is 0 Å². The minimum atomic E-state index is 1.19. The molecule has 5 rings (SSSR count). The number of aryl methyl sites for hydroxylation is 2. The van der Waals surface area contributed by atoms with Gasteiger partial charge in [0.15, 0.2) is 0 Å². The summed E-state index contributed by atoms with van der Waals surface area (Å²) in [5, 5.41) is 11.3. The van der Waals surface area contributed by atoms with E-state index in [1.165, 1.54) is 195 Å². The minimum absolute atomic E-state index is 1.19. The fourth-order valence-electron chi connectivity index (χ4n) is 7.93. The number of benzene rings is 5. The zero-order valence-electron chi connectivity index (χ0n) is 29.5. The first-order valence-corrected chi connectivity index (χ1v) is 19.6. The van der Waals surface area contributed by atoms with Crippen molar-refractivity contribution in [2.24, 2.45) is 0 Å². The molecule has 0 aromatic heterocycles. The van der Waals surface area contributed by atoms with Crippen LogP contribution < -0.4 is 0 Å². The Bertz CT molecular complexity index is 1500. The van der Waals surface area contributed by atoms with E-state index in [2.05, 4.69) is 86.6 Å². The summed E-state index contributed by atoms with van der Waals surface area (Å²) in [5.74, 6) is 0. The highest BCUT2D eigenvalue weighted by Crippen LogP contribution is 2.36. The topological polar surface area (TPSA) is 0 Å². The number of hydrogen-bond acceptors (Lipinski definition) is 0. The highest BCUT2D eigenvalue weighted by Gasteiger charge is 2.11. The fourth-order valence-corrected chi connectivity index (χ4v) is 7.93. The Balaban J connectivity index is 1.20. The van der Waals surface area contributed by atoms with Crippen LogP contribution in [0.5, 0.6) is 0 Å². The minimum Gasteiger partial charge on any atom is -0.0654 e. The van der Waals surface area contributed by atoms with Gasteiger partial charge >= 0.3 is 0 Å². The quantitative estimate of drug-likeness (QED) is 0.0537. The van der Waals surface area contributed by atoms with Crippen molar-refractivity contribution in [3.63, 3.8) is 0 Å². The van der Waals surface area contributed by atoms with Crippen LogP contribution in [0, 0.1) is 0 Å². The molecule has 5 aromatic carbocycles. The molecular weight excluding hydrogens is 553 g/mol. The van der Waals surface area contributed by atoms with E-state index < -0.39 is 0 Å². The smallest absolute Gasteiger partial charge is 0.00987 e. The lowest BCUT2D eigenvalue weighted by Gasteiger charge is -2.14. The summed E-state index contributed by atoms with van der Waals surface area (Å²) in [6.45, 7) is 4.60. The molecule has 46 heavy (non-hydrogen) atoms. The highest BCUT2D eigenvalue weighted by atomic mass is 14.1. The maximum absolute atomic E-state index is 2.41. The van der Waals surface area contributed by atoms with Gasteiger partial charge in [-0.3, -0.25) is 0 Å². The second-order valence-corrected chi connectivity index (χ2v) is 14.3. The van der Waals surface area contributed by atoms with Gasteiger partial charge in [0.2, 0.25) is 0 Å². The third-order valence-corrected chi connectivity index (χ3v) is 10.7. The summed E-state index contributed by atoms with van der Waals surface area (Å²) in [4.78, 5) is 0. The van der Waals surface area contributed by atoms with E-state index in [-0.39, 0.29) is 0 Å². The van der Waals surface area contributed by atoms with Gasteiger partial charge in [-0.2, -0.15) is 0 Å². The van der Waals surface area contributed by atoms with E-state index in [0.29, 0.717) is 0 Å². The highest BCUT2D eigenvalue weighted by molar-refractivity contribution is 6.22. The van der Waals surface area contributed by atoms with E-state index in [4.69, 9.17) is 0 Å². The molecule has 0 radical (unpaired) electrons. The van der Waals surface area contributed by atoms with Crippen LogP contribution in [0.15, 0.2) is 72.8 Å². The third kappa shape index (κ3) is 9.36. The van der Waals surface area contributed by atoms with Crippen molar-refractivity contribution < 1.29 is 0 Å². The molecule has 0 aliphatic rings. The number of fused-ring (bicyclic) bond motifs is 7. The second kappa shape index (κ2) is 19.1. The van der Waals surface area contributed by atoms with Gasteiger partial charge in [-0.05, 0) is 79.9 Å². The Morgan fingerprint density at radius 1 is 0.261 bits per heavy atom. The SMILES string of the molecule is CCCCCCCCCCCCc1cccc2c1ccc1c2ccc2c3cccc(CCCCCCCCCCCC)c3ccc21. The Morgan fingerprint density at radius 2 is 0.522 bits per heavy atom. The monoisotopic (exact) mass is 614 g/mol. The number of rotatable bonds is 22. The van der Waals surface area contributed by atoms with Crippen LogP contribution in [0.3, 0.4) is 0 Å². The standard InChI is InChI=1S/C46H62/c1-3-5-7-9-11-13-15-17-19-21-25-37-27-23-29-41-39(37)31-33-45-43(41)35-36-44-42-30-24-28-38(40(42)32-34-46(44)45)26-22-20-18-16-14-12-10-8-6-4-2/h23-24,27-36H,3-22,25-26H2,1-2H3. The van der Waals surface area contributed by atoms with Crippen molar-refractivity contribution >= 4 is 43.1 Å². The molecule has 5 aromatic rings. The van der Waals surface area contributed by atoms with Crippen molar-refractivity contribution in [3.8, 4) is 0 Å². The molecule has 0 spiro atoms. The first-order chi connectivity index (χ1) is 22.8. The predicted molar refractivity (Wildman–Crippen MR) is 208 cm³/mol. The number of unbranched alkanes of at least 4 members (excludes halogenated alkanes) is 18. The van der Waals surface area contributed by atoms with Gasteiger partial charge in [0, 0.05) is 0 Å². The molecular formula is C46H62. The zero-order chi connectivity index (χ0) is 31.8. The molecule has 0 amide bonds. The lowest BCUT2D eigenvalue weighted by Crippen LogP contribution is -1.91. The largest absolute Gasteiger partial charge is 0.0654 e. The van der Waals surface area contributed by atoms with Crippen LogP contribution in [0.1, 0.15) is 153 Å². The fraction of sp³-hybridized carbons (Fsp3) is 0.522. The molecule has 0 aliphatic heterocycles. The third-order valence-electron chi connectivity index (χ3n) is 10.7. The Morgan fingerprint density at radius 3 is 0.848 bits per heavy atom. The van der Waals surface area contributed by atoms with E-state index in [1.54, 1.807) is 0 Å². The molecule has 0 atom stereocenters. The average molecular weight is 615 g/mol. The Labute approximate surface area is 281 Å². The summed E-state index contributed by atoms with van der Waals surface area (Å²) in [7, 11) is 0. The first kappa shape index (κ1) is 34.5. The maximum atomic E-state index is 2.41. The van der Waals surface area contributed by atoms with Crippen molar-refractivity contribution in [2.45, 2.75) is 155 Å². The molecule has 0 nitrogen and oxygen atoms in total. The Hall–Kier alpha value is -2.86. The molecule has 0 bridgehead atoms. The van der Waals surface area contributed by atoms with E-state index in [9.17, 15) is 0 Å². The summed E-state index contributed by atoms with van der Waals surface area (Å²) < 4.78 is 0. The maximum Gasteiger partial charge on any atom is -0.00987 e. The van der Waals surface area contributed by atoms with E-state index in [1.807, 2.05) is 0 Å². The van der Waals surface area contributed by atoms with Crippen LogP contribution in [0.2, 0.25) is 0 Å². The van der Waals surface area contributed by atoms with Crippen LogP contribution in [-0.2, 0) is 12.8 Å². The van der Waals surface area contributed by atoms with Gasteiger partial charge in [-0.1, -0.05) is 202 Å². The normalized spacial score (nSPS) is 11.9. The van der Waals surface area contributed by atoms with Gasteiger partial charge < -0.3 is 0 Å². The Kier molecular flexibility index (Phi) is 14.3. The molecule has 0 N–H and O–H groups in total. The second-order valence-electron chi connectivity index (χ2n) is 14.3. The molecule has 246 valence electrons. The summed E-state index contributed by atoms with van der Waals surface area (Å²) in [6, 6.07) is 28.4. The molecule has 0 saturated heterocycles. The lowest BCUT2D eigenvalue weighted by molar-refractivity contribution is 0.556. The van der Waals surface area contributed by atoms with Crippen molar-refractivity contribution in [1.29, 1.82) is 0 Å². The van der Waals surface area contributed by atoms with Crippen molar-refractivity contribution in [1.82, 2.24) is 0 Å². The lowest BCUT2D eigenvalue weighted by atomic mass is 9.90. The summed E-state index contributed by atoms with van der Waals surface area (Å²) in [6.07, 6.45) is 30.3. The summed E-state index contributed by atoms with van der Waals surface area (Å²) in [5.41, 5.74) is 3.04. The molecule has 0 heterocycles. The average Bonchev–Trinajstić information content (AvgIpc) is 3.09. The van der Waals surface area contributed by atoms with Crippen molar-refractivity contribution in [2.75, 3.05) is 0 Å². The number of hydrogen-bond donors (Lipinski definition) is 0. The molecule has 0 unspecified atom stereocenters. The van der Waals surface area contributed by atoms with Crippen LogP contribution >= 0.6 is 0 Å². The molecule has 0 saturated carbocycles. The molecule has 0 fully saturated rings. The van der Waals surface area contributed by atoms with E-state index >= 15 is 0 Å². The van der Waals surface area contributed by atoms with Crippen LogP contribution in [0.4, 0.5) is 0 Å². The van der Waals surface area contributed by atoms with Gasteiger partial charge in [0.1, 0.15) is 0 Å². The molecule has 0 aliphatic carbocycles. The van der Waals surface area contributed by atoms with Gasteiger partial charge in [-0.25, -0.2) is 0 Å². The van der Waals surface area contributed by atoms with Crippen LogP contribution in [-0.4, -0.2) is 0 Å². The summed E-state index contributed by atoms with van der Waals surface area (Å²) >= 11 is 0. The van der Waals surface area contributed by atoms with Gasteiger partial charge in [0.05, 0.1) is 0 Å². The predicted octanol–water partition coefficient (Wildman–Crippen LogP) is 15.2. The zero-order valence-corrected chi connectivity index (χ0v) is 29.5. The molecule has 0 heteroatoms. The van der Waals surface area contributed by atoms with Crippen molar-refractivity contribution in [3.05, 3.63) is 83.9 Å². The van der Waals surface area contributed by atoms with E-state index in [0.717, 1.165) is 0 Å². The van der Waals surface area contributed by atoms with Crippen LogP contribution in [0.25, 0.3) is 43.1 Å².